The number of hydrogen-bond donors (Lipinski definition) is 1. The van der Waals surface area contributed by atoms with Gasteiger partial charge in [0.05, 0.1) is 11.0 Å². The van der Waals surface area contributed by atoms with Gasteiger partial charge in [-0.25, -0.2) is 4.39 Å². The summed E-state index contributed by atoms with van der Waals surface area (Å²) in [6, 6.07) is 5.85. The van der Waals surface area contributed by atoms with Crippen LogP contribution in [0.2, 0.25) is 0 Å². The minimum absolute atomic E-state index is 0.224. The smallest absolute Gasteiger partial charge is 0.178 e. The Hall–Kier alpha value is -1.20. The molecule has 19 heavy (non-hydrogen) atoms. The van der Waals surface area contributed by atoms with Crippen molar-refractivity contribution in [1.82, 2.24) is 14.5 Å². The third-order valence-electron chi connectivity index (χ3n) is 4.00. The molecule has 1 unspecified atom stereocenters. The van der Waals surface area contributed by atoms with Gasteiger partial charge in [0.25, 0.3) is 0 Å². The van der Waals surface area contributed by atoms with Crippen LogP contribution in [0.4, 0.5) is 4.39 Å². The maximum atomic E-state index is 13.4. The average Bonchev–Trinajstić information content (AvgIpc) is 3.17. The molecule has 2 aromatic rings. The summed E-state index contributed by atoms with van der Waals surface area (Å²) in [4.78, 5) is 5.52. The fraction of sp³-hybridized carbons (Fsp3) is 0.500. The molecule has 1 aromatic carbocycles. The summed E-state index contributed by atoms with van der Waals surface area (Å²) in [6.07, 6.45) is 2.57. The van der Waals surface area contributed by atoms with Crippen molar-refractivity contribution in [2.75, 3.05) is 7.05 Å². The van der Waals surface area contributed by atoms with Crippen LogP contribution in [0.25, 0.3) is 11.0 Å². The molecule has 1 N–H and O–H groups in total. The molecule has 1 atom stereocenters. The summed E-state index contributed by atoms with van der Waals surface area (Å²) >= 11 is 5.35. The second kappa shape index (κ2) is 4.72. The van der Waals surface area contributed by atoms with Gasteiger partial charge in [-0.15, -0.1) is 0 Å². The summed E-state index contributed by atoms with van der Waals surface area (Å²) in [5.41, 5.74) is 1.74. The zero-order chi connectivity index (χ0) is 13.6. The van der Waals surface area contributed by atoms with Crippen LogP contribution in [0.1, 0.15) is 19.8 Å². The first-order valence-electron chi connectivity index (χ1n) is 6.66. The third kappa shape index (κ3) is 2.44. The van der Waals surface area contributed by atoms with Crippen LogP contribution >= 0.6 is 12.2 Å². The van der Waals surface area contributed by atoms with Gasteiger partial charge < -0.3 is 9.55 Å². The van der Waals surface area contributed by atoms with E-state index in [9.17, 15) is 4.39 Å². The molecular formula is C14H18FN3S. The molecule has 3 nitrogen and oxygen atoms in total. The quantitative estimate of drug-likeness (QED) is 0.868. The molecule has 0 spiro atoms. The average molecular weight is 279 g/mol. The molecule has 0 bridgehead atoms. The van der Waals surface area contributed by atoms with E-state index in [1.807, 2.05) is 4.57 Å². The molecule has 1 fully saturated rings. The lowest BCUT2D eigenvalue weighted by molar-refractivity contribution is 0.226. The number of nitrogens with one attached hydrogen (secondary N) is 1. The van der Waals surface area contributed by atoms with E-state index in [0.717, 1.165) is 17.6 Å². The van der Waals surface area contributed by atoms with Crippen LogP contribution in [0.3, 0.4) is 0 Å². The van der Waals surface area contributed by atoms with Gasteiger partial charge in [0.15, 0.2) is 4.77 Å². The van der Waals surface area contributed by atoms with Crippen molar-refractivity contribution in [2.45, 2.75) is 38.4 Å². The van der Waals surface area contributed by atoms with E-state index in [4.69, 9.17) is 12.2 Å². The van der Waals surface area contributed by atoms with Gasteiger partial charge >= 0.3 is 0 Å². The predicted octanol–water partition coefficient (Wildman–Crippen LogP) is 3.32. The second-order valence-electron chi connectivity index (χ2n) is 5.45. The molecule has 1 heterocycles. The Morgan fingerprint density at radius 3 is 2.95 bits per heavy atom. The lowest BCUT2D eigenvalue weighted by Gasteiger charge is -2.25. The molecular weight excluding hydrogens is 261 g/mol. The summed E-state index contributed by atoms with van der Waals surface area (Å²) < 4.78 is 16.0. The SMILES string of the molecule is CC(Cn1c(=S)[nH]c2ccc(F)cc21)N(C)C1CC1. The summed E-state index contributed by atoms with van der Waals surface area (Å²) in [7, 11) is 2.15. The van der Waals surface area contributed by atoms with E-state index in [2.05, 4.69) is 23.9 Å². The molecule has 1 saturated carbocycles. The van der Waals surface area contributed by atoms with Crippen molar-refractivity contribution in [1.29, 1.82) is 0 Å². The van der Waals surface area contributed by atoms with Crippen LogP contribution in [-0.2, 0) is 6.54 Å². The first kappa shape index (κ1) is 12.8. The number of H-pyrrole nitrogens is 1. The lowest BCUT2D eigenvalue weighted by Crippen LogP contribution is -2.34. The van der Waals surface area contributed by atoms with E-state index < -0.39 is 0 Å². The minimum atomic E-state index is -0.224. The van der Waals surface area contributed by atoms with Crippen LogP contribution in [0.5, 0.6) is 0 Å². The monoisotopic (exact) mass is 279 g/mol. The first-order valence-corrected chi connectivity index (χ1v) is 7.07. The largest absolute Gasteiger partial charge is 0.331 e. The number of aromatic nitrogens is 2. The van der Waals surface area contributed by atoms with Gasteiger partial charge in [0, 0.05) is 18.6 Å². The number of rotatable bonds is 4. The molecule has 1 aliphatic carbocycles. The highest BCUT2D eigenvalue weighted by Crippen LogP contribution is 2.27. The van der Waals surface area contributed by atoms with Crippen LogP contribution in [-0.4, -0.2) is 33.6 Å². The zero-order valence-electron chi connectivity index (χ0n) is 11.2. The topological polar surface area (TPSA) is 24.0 Å². The summed E-state index contributed by atoms with van der Waals surface area (Å²) in [5, 5.41) is 0. The molecule has 1 aliphatic rings. The Bertz CT molecular complexity index is 656. The lowest BCUT2D eigenvalue weighted by atomic mass is 10.2. The van der Waals surface area contributed by atoms with Crippen molar-refractivity contribution < 1.29 is 4.39 Å². The van der Waals surface area contributed by atoms with Crippen molar-refractivity contribution in [3.63, 3.8) is 0 Å². The first-order chi connectivity index (χ1) is 9.06. The van der Waals surface area contributed by atoms with E-state index in [0.29, 0.717) is 16.9 Å². The van der Waals surface area contributed by atoms with Crippen LogP contribution < -0.4 is 0 Å². The van der Waals surface area contributed by atoms with Gasteiger partial charge in [-0.3, -0.25) is 4.90 Å². The molecule has 0 radical (unpaired) electrons. The van der Waals surface area contributed by atoms with Gasteiger partial charge in [0.2, 0.25) is 0 Å². The zero-order valence-corrected chi connectivity index (χ0v) is 12.0. The fourth-order valence-corrected chi connectivity index (χ4v) is 2.82. The van der Waals surface area contributed by atoms with Gasteiger partial charge in [-0.2, -0.15) is 0 Å². The standard InChI is InChI=1S/C14H18FN3S/c1-9(17(2)11-4-5-11)8-18-13-7-10(15)3-6-12(13)16-14(18)19/h3,6-7,9,11H,4-5,8H2,1-2H3,(H,16,19). The number of imidazole rings is 1. The van der Waals surface area contributed by atoms with Gasteiger partial charge in [0.1, 0.15) is 5.82 Å². The molecule has 0 amide bonds. The maximum absolute atomic E-state index is 13.4. The van der Waals surface area contributed by atoms with Gasteiger partial charge in [-0.05, 0) is 57.2 Å². The number of nitrogens with zero attached hydrogens (tertiary/aromatic N) is 2. The number of benzene rings is 1. The fourth-order valence-electron chi connectivity index (χ4n) is 2.54. The number of hydrogen-bond acceptors (Lipinski definition) is 2. The molecule has 1 aromatic heterocycles. The van der Waals surface area contributed by atoms with Crippen molar-refractivity contribution in [2.24, 2.45) is 0 Å². The Morgan fingerprint density at radius 2 is 2.26 bits per heavy atom. The third-order valence-corrected chi connectivity index (χ3v) is 4.32. The van der Waals surface area contributed by atoms with Crippen LogP contribution in [0, 0.1) is 10.6 Å². The number of aromatic amines is 1. The van der Waals surface area contributed by atoms with Crippen molar-refractivity contribution in [3.8, 4) is 0 Å². The van der Waals surface area contributed by atoms with Crippen LogP contribution in [0.15, 0.2) is 18.2 Å². The molecule has 0 aliphatic heterocycles. The Kier molecular flexibility index (Phi) is 3.19. The number of halogens is 1. The Labute approximate surface area is 117 Å². The van der Waals surface area contributed by atoms with E-state index in [1.165, 1.54) is 18.9 Å². The summed E-state index contributed by atoms with van der Waals surface area (Å²) in [6.45, 7) is 2.98. The highest BCUT2D eigenvalue weighted by Gasteiger charge is 2.29. The predicted molar refractivity (Wildman–Crippen MR) is 77.3 cm³/mol. The molecule has 3 rings (SSSR count). The van der Waals surface area contributed by atoms with Gasteiger partial charge in [-0.1, -0.05) is 0 Å². The van der Waals surface area contributed by atoms with E-state index in [-0.39, 0.29) is 5.82 Å². The maximum Gasteiger partial charge on any atom is 0.178 e. The molecule has 0 saturated heterocycles. The van der Waals surface area contributed by atoms with Crippen molar-refractivity contribution in [3.05, 3.63) is 28.8 Å². The number of likely N-dealkylation sites (N-methyl/N-ethyl adjacent to an activating group) is 1. The normalized spacial score (nSPS) is 17.3. The van der Waals surface area contributed by atoms with Crippen molar-refractivity contribution >= 4 is 23.3 Å². The second-order valence-corrected chi connectivity index (χ2v) is 5.83. The Morgan fingerprint density at radius 1 is 1.53 bits per heavy atom. The van der Waals surface area contributed by atoms with E-state index in [1.54, 1.807) is 12.1 Å². The number of fused-ring (bicyclic) bond motifs is 1. The summed E-state index contributed by atoms with van der Waals surface area (Å²) in [5.74, 6) is -0.224. The highest BCUT2D eigenvalue weighted by atomic mass is 32.1. The molecule has 5 heteroatoms. The highest BCUT2D eigenvalue weighted by molar-refractivity contribution is 7.71. The van der Waals surface area contributed by atoms with E-state index >= 15 is 0 Å². The Balaban J connectivity index is 1.93. The molecule has 102 valence electrons. The minimum Gasteiger partial charge on any atom is -0.331 e.